The summed E-state index contributed by atoms with van der Waals surface area (Å²) in [7, 11) is 0. The molecule has 0 saturated heterocycles. The van der Waals surface area contributed by atoms with Crippen LogP contribution in [0.15, 0.2) is 4.99 Å². The van der Waals surface area contributed by atoms with Crippen molar-refractivity contribution in [1.29, 1.82) is 0 Å². The van der Waals surface area contributed by atoms with Crippen LogP contribution in [0.1, 0.15) is 25.7 Å². The lowest BCUT2D eigenvalue weighted by atomic mass is 10.1. The maximum atomic E-state index is 12.5. The first-order valence-corrected chi connectivity index (χ1v) is 10.4. The Hall–Kier alpha value is -3.11. The number of carboxylic acids is 2. The van der Waals surface area contributed by atoms with Crippen molar-refractivity contribution < 1.29 is 39.3 Å². The fourth-order valence-corrected chi connectivity index (χ4v) is 2.64. The average Bonchev–Trinajstić information content (AvgIpc) is 2.74. The lowest BCUT2D eigenvalue weighted by Crippen LogP contribution is -2.58. The third-order valence-electron chi connectivity index (χ3n) is 4.20. The van der Waals surface area contributed by atoms with E-state index >= 15 is 0 Å². The summed E-state index contributed by atoms with van der Waals surface area (Å²) < 4.78 is 0. The third kappa shape index (κ3) is 12.5. The van der Waals surface area contributed by atoms with Gasteiger partial charge in [-0.2, -0.15) is 12.6 Å². The van der Waals surface area contributed by atoms with Crippen LogP contribution < -0.4 is 33.2 Å². The van der Waals surface area contributed by atoms with E-state index in [0.29, 0.717) is 6.42 Å². The highest BCUT2D eigenvalue weighted by Crippen LogP contribution is 2.02. The van der Waals surface area contributed by atoms with E-state index in [-0.39, 0.29) is 31.1 Å². The van der Waals surface area contributed by atoms with Gasteiger partial charge in [0, 0.05) is 18.7 Å². The Morgan fingerprint density at radius 2 is 1.42 bits per heavy atom. The Balaban J connectivity index is 5.10. The number of hydrogen-bond donors (Lipinski definition) is 10. The van der Waals surface area contributed by atoms with E-state index in [1.807, 2.05) is 0 Å². The first kappa shape index (κ1) is 29.9. The quantitative estimate of drug-likeness (QED) is 0.0425. The number of nitrogens with zero attached hydrogens (tertiary/aromatic N) is 1. The zero-order valence-corrected chi connectivity index (χ0v) is 18.7. The summed E-state index contributed by atoms with van der Waals surface area (Å²) in [5.74, 6) is -5.73. The van der Waals surface area contributed by atoms with Crippen LogP contribution in [0.3, 0.4) is 0 Å². The second-order valence-electron chi connectivity index (χ2n) is 6.87. The van der Waals surface area contributed by atoms with E-state index in [1.54, 1.807) is 0 Å². The molecular weight excluding hydrogens is 462 g/mol. The van der Waals surface area contributed by atoms with Gasteiger partial charge in [-0.05, 0) is 19.3 Å². The van der Waals surface area contributed by atoms with Crippen molar-refractivity contribution in [3.63, 3.8) is 0 Å². The molecule has 0 aromatic carbocycles. The molecule has 0 aliphatic carbocycles. The summed E-state index contributed by atoms with van der Waals surface area (Å²) in [5, 5.41) is 33.9. The van der Waals surface area contributed by atoms with E-state index in [4.69, 9.17) is 27.4 Å². The fraction of sp³-hybridized carbons (Fsp3) is 0.647. The minimum atomic E-state index is -1.50. The molecular formula is C17H31N7O8S. The molecule has 16 heteroatoms. The van der Waals surface area contributed by atoms with Gasteiger partial charge in [-0.3, -0.25) is 24.2 Å². The number of aliphatic hydroxyl groups is 1. The lowest BCUT2D eigenvalue weighted by molar-refractivity contribution is -0.142. The van der Waals surface area contributed by atoms with E-state index in [9.17, 15) is 29.1 Å². The molecule has 0 fully saturated rings. The topological polar surface area (TPSA) is 273 Å². The molecule has 4 atom stereocenters. The molecule has 0 radical (unpaired) electrons. The Kier molecular flexibility index (Phi) is 14.2. The van der Waals surface area contributed by atoms with Crippen molar-refractivity contribution in [2.75, 3.05) is 18.9 Å². The molecule has 3 amide bonds. The maximum Gasteiger partial charge on any atom is 0.327 e. The standard InChI is InChI=1S/C17H31N7O8S/c18-8(2-1-5-21-17(19)20)13(28)23-10(6-25)15(30)22-9(3-4-12(26)27)14(29)24-11(7-33)16(31)32/h8-11,25,33H,1-7,18H2,(H,22,30)(H,23,28)(H,24,29)(H,26,27)(H,31,32)(H4,19,20,21). The van der Waals surface area contributed by atoms with Crippen LogP contribution in [0.4, 0.5) is 0 Å². The number of thiol groups is 1. The van der Waals surface area contributed by atoms with Crippen molar-refractivity contribution in [3.05, 3.63) is 0 Å². The van der Waals surface area contributed by atoms with Gasteiger partial charge in [-0.15, -0.1) is 0 Å². The van der Waals surface area contributed by atoms with Gasteiger partial charge < -0.3 is 48.5 Å². The average molecular weight is 494 g/mol. The first-order chi connectivity index (χ1) is 15.4. The number of carboxylic acid groups (broad SMARTS) is 2. The molecule has 0 aliphatic heterocycles. The van der Waals surface area contributed by atoms with Crippen LogP contribution in [0.2, 0.25) is 0 Å². The predicted octanol–water partition coefficient (Wildman–Crippen LogP) is -4.31. The van der Waals surface area contributed by atoms with Gasteiger partial charge in [0.1, 0.15) is 18.1 Å². The zero-order valence-electron chi connectivity index (χ0n) is 17.8. The van der Waals surface area contributed by atoms with Gasteiger partial charge in [0.25, 0.3) is 0 Å². The maximum absolute atomic E-state index is 12.5. The van der Waals surface area contributed by atoms with Crippen LogP contribution >= 0.6 is 12.6 Å². The molecule has 0 spiro atoms. The molecule has 0 saturated carbocycles. The summed E-state index contributed by atoms with van der Waals surface area (Å²) in [6, 6.07) is -5.37. The Bertz CT molecular complexity index is 732. The highest BCUT2D eigenvalue weighted by atomic mass is 32.1. The number of nitrogens with one attached hydrogen (secondary N) is 3. The third-order valence-corrected chi connectivity index (χ3v) is 4.56. The second kappa shape index (κ2) is 15.7. The van der Waals surface area contributed by atoms with Gasteiger partial charge in [-0.25, -0.2) is 4.79 Å². The van der Waals surface area contributed by atoms with Gasteiger partial charge in [0.05, 0.1) is 12.6 Å². The van der Waals surface area contributed by atoms with Gasteiger partial charge in [0.15, 0.2) is 5.96 Å². The summed E-state index contributed by atoms with van der Waals surface area (Å²) in [6.45, 7) is -0.614. The van der Waals surface area contributed by atoms with Crippen molar-refractivity contribution in [1.82, 2.24) is 16.0 Å². The van der Waals surface area contributed by atoms with Crippen LogP contribution in [0.5, 0.6) is 0 Å². The highest BCUT2D eigenvalue weighted by molar-refractivity contribution is 7.80. The summed E-state index contributed by atoms with van der Waals surface area (Å²) in [6.07, 6.45) is -0.349. The van der Waals surface area contributed by atoms with E-state index in [0.717, 1.165) is 0 Å². The summed E-state index contributed by atoms with van der Waals surface area (Å²) in [5.41, 5.74) is 16.1. The van der Waals surface area contributed by atoms with E-state index < -0.39 is 66.9 Å². The predicted molar refractivity (Wildman–Crippen MR) is 119 cm³/mol. The van der Waals surface area contributed by atoms with Crippen molar-refractivity contribution >= 4 is 48.2 Å². The monoisotopic (exact) mass is 493 g/mol. The number of guanidine groups is 1. The number of aliphatic imine (C=N–C) groups is 1. The van der Waals surface area contributed by atoms with Gasteiger partial charge >= 0.3 is 11.9 Å². The number of carbonyl (C=O) groups excluding carboxylic acids is 3. The largest absolute Gasteiger partial charge is 0.481 e. The normalized spacial score (nSPS) is 14.2. The number of aliphatic hydroxyl groups excluding tert-OH is 1. The molecule has 0 aromatic heterocycles. The molecule has 33 heavy (non-hydrogen) atoms. The zero-order chi connectivity index (χ0) is 25.6. The SMILES string of the molecule is NC(N)=NCCCC(N)C(=O)NC(CO)C(=O)NC(CCC(=O)O)C(=O)NC(CS)C(=O)O. The first-order valence-electron chi connectivity index (χ1n) is 9.81. The number of aliphatic carboxylic acids is 2. The Labute approximate surface area is 194 Å². The number of carbonyl (C=O) groups is 5. The number of rotatable bonds is 16. The van der Waals surface area contributed by atoms with E-state index in [1.165, 1.54) is 0 Å². The molecule has 188 valence electrons. The van der Waals surface area contributed by atoms with Gasteiger partial charge in [0.2, 0.25) is 17.7 Å². The summed E-state index contributed by atoms with van der Waals surface area (Å²) in [4.78, 5) is 62.8. The molecule has 0 aliphatic rings. The fourth-order valence-electron chi connectivity index (χ4n) is 2.39. The van der Waals surface area contributed by atoms with Gasteiger partial charge in [-0.1, -0.05) is 0 Å². The molecule has 0 rings (SSSR count). The minimum absolute atomic E-state index is 0.115. The molecule has 12 N–H and O–H groups in total. The smallest absolute Gasteiger partial charge is 0.327 e. The molecule has 15 nitrogen and oxygen atoms in total. The number of hydrogen-bond acceptors (Lipinski definition) is 9. The minimum Gasteiger partial charge on any atom is -0.481 e. The van der Waals surface area contributed by atoms with Crippen LogP contribution in [-0.2, 0) is 24.0 Å². The van der Waals surface area contributed by atoms with Crippen LogP contribution in [0.25, 0.3) is 0 Å². The summed E-state index contributed by atoms with van der Waals surface area (Å²) >= 11 is 3.81. The lowest BCUT2D eigenvalue weighted by Gasteiger charge is -2.24. The van der Waals surface area contributed by atoms with Crippen LogP contribution in [0, 0.1) is 0 Å². The van der Waals surface area contributed by atoms with Crippen LogP contribution in [-0.4, -0.2) is 94.0 Å². The highest BCUT2D eigenvalue weighted by Gasteiger charge is 2.30. The Morgan fingerprint density at radius 3 is 1.91 bits per heavy atom. The van der Waals surface area contributed by atoms with Crippen molar-refractivity contribution in [2.45, 2.75) is 49.9 Å². The van der Waals surface area contributed by atoms with E-state index in [2.05, 4.69) is 33.6 Å². The van der Waals surface area contributed by atoms with Crippen molar-refractivity contribution in [2.24, 2.45) is 22.2 Å². The number of amides is 3. The molecule has 0 bridgehead atoms. The van der Waals surface area contributed by atoms with Crippen molar-refractivity contribution in [3.8, 4) is 0 Å². The second-order valence-corrected chi connectivity index (χ2v) is 7.24. The Morgan fingerprint density at radius 1 is 0.879 bits per heavy atom. The molecule has 0 heterocycles. The molecule has 4 unspecified atom stereocenters. The molecule has 0 aromatic rings. The number of nitrogens with two attached hydrogens (primary N) is 3.